The van der Waals surface area contributed by atoms with Crippen molar-refractivity contribution in [2.75, 3.05) is 0 Å². The topological polar surface area (TPSA) is 66.0 Å². The molecule has 59 heavy (non-hydrogen) atoms. The van der Waals surface area contributed by atoms with Crippen LogP contribution in [0, 0.1) is 11.3 Å². The third-order valence-corrected chi connectivity index (χ3v) is 17.6. The number of carboxylic acids is 1. The number of thiophene rings is 5. The first kappa shape index (κ1) is 39.6. The number of benzene rings is 3. The number of carboxylic acid groups (broad SMARTS) is 1. The number of rotatable bonds is 16. The van der Waals surface area contributed by atoms with Gasteiger partial charge in [0.15, 0.2) is 0 Å². The summed E-state index contributed by atoms with van der Waals surface area (Å²) in [6, 6.07) is 37.9. The highest BCUT2D eigenvalue weighted by Gasteiger charge is 2.21. The molecule has 296 valence electrons. The molecule has 0 saturated heterocycles. The van der Waals surface area contributed by atoms with Crippen LogP contribution in [0.2, 0.25) is 0 Å². The molecule has 0 radical (unpaired) electrons. The Morgan fingerprint density at radius 1 is 0.644 bits per heavy atom. The Balaban J connectivity index is 1.09. The molecular weight excluding hydrogens is 821 g/mol. The number of nitrogens with zero attached hydrogens (tertiary/aromatic N) is 2. The van der Waals surface area contributed by atoms with E-state index in [4.69, 9.17) is 0 Å². The van der Waals surface area contributed by atoms with Gasteiger partial charge >= 0.3 is 5.97 Å². The Hall–Kier alpha value is -4.82. The van der Waals surface area contributed by atoms with Crippen LogP contribution in [-0.2, 0) is 17.6 Å². The quantitative estimate of drug-likeness (QED) is 0.0598. The average Bonchev–Trinajstić information content (AvgIpc) is 4.11. The first-order valence-corrected chi connectivity index (χ1v) is 24.7. The van der Waals surface area contributed by atoms with Crippen molar-refractivity contribution in [2.45, 2.75) is 78.1 Å². The van der Waals surface area contributed by atoms with Crippen LogP contribution >= 0.6 is 56.7 Å². The SMILES string of the molecule is CCCCCCc1cc(-c2sc(-c3cc4sc5cc(/C=C(/C#N)C(=O)O)sc5c4s3)cc2CCCCCC)sc1-c1ccc(-n2c3ccccc3c3ccccc32)cc1. The van der Waals surface area contributed by atoms with E-state index in [1.54, 1.807) is 22.7 Å². The van der Waals surface area contributed by atoms with Crippen LogP contribution < -0.4 is 0 Å². The number of fused-ring (bicyclic) bond motifs is 6. The van der Waals surface area contributed by atoms with E-state index in [9.17, 15) is 15.2 Å². The zero-order valence-electron chi connectivity index (χ0n) is 33.2. The second-order valence-electron chi connectivity index (χ2n) is 15.2. The van der Waals surface area contributed by atoms with Crippen molar-refractivity contribution in [2.24, 2.45) is 0 Å². The maximum Gasteiger partial charge on any atom is 0.346 e. The average molecular weight is 865 g/mol. The summed E-state index contributed by atoms with van der Waals surface area (Å²) in [5.41, 5.74) is 7.60. The molecule has 0 unspecified atom stereocenters. The number of hydrogen-bond acceptors (Lipinski definition) is 7. The van der Waals surface area contributed by atoms with Gasteiger partial charge in [0.1, 0.15) is 11.6 Å². The lowest BCUT2D eigenvalue weighted by Crippen LogP contribution is -1.96. The Bertz CT molecular complexity index is 2970. The van der Waals surface area contributed by atoms with Crippen molar-refractivity contribution in [3.8, 4) is 41.7 Å². The van der Waals surface area contributed by atoms with Gasteiger partial charge in [-0.15, -0.1) is 56.7 Å². The Morgan fingerprint density at radius 3 is 1.86 bits per heavy atom. The van der Waals surface area contributed by atoms with Crippen LogP contribution in [0.1, 0.15) is 81.2 Å². The number of aryl methyl sites for hydroxylation is 2. The van der Waals surface area contributed by atoms with Crippen LogP contribution in [0.25, 0.3) is 82.3 Å². The first-order chi connectivity index (χ1) is 28.9. The summed E-state index contributed by atoms with van der Waals surface area (Å²) < 4.78 is 7.22. The molecular formula is C50H44N2O2S5. The van der Waals surface area contributed by atoms with Gasteiger partial charge in [-0.25, -0.2) is 4.79 Å². The van der Waals surface area contributed by atoms with Gasteiger partial charge in [-0.1, -0.05) is 101 Å². The number of aliphatic carboxylic acids is 1. The fraction of sp³-hybridized carbons (Fsp3) is 0.240. The molecule has 0 aliphatic heterocycles. The summed E-state index contributed by atoms with van der Waals surface area (Å²) in [5, 5.41) is 21.3. The molecule has 0 bridgehead atoms. The van der Waals surface area contributed by atoms with E-state index < -0.39 is 5.97 Å². The molecule has 4 nitrogen and oxygen atoms in total. The standard InChI is InChI=1S/C50H44N2O2S5/c1-3-5-7-9-15-32-27-43(59-46(32)31-21-23-35(24-22-31)52-39-19-13-11-17-37(39)38-18-12-14-20-40(38)52)47-33(16-10-8-6-4-2)26-41(57-47)42-29-45-49(58-42)48-44(56-45)28-36(55-48)25-34(30-51)50(53)54/h11-14,17-29H,3-10,15-16H2,1-2H3,(H,53,54)/b34-25-. The van der Waals surface area contributed by atoms with Crippen molar-refractivity contribution >= 4 is 109 Å². The molecule has 9 rings (SSSR count). The van der Waals surface area contributed by atoms with Crippen LogP contribution in [0.4, 0.5) is 0 Å². The summed E-state index contributed by atoms with van der Waals surface area (Å²) in [6.07, 6.45) is 13.5. The highest BCUT2D eigenvalue weighted by atomic mass is 32.1. The van der Waals surface area contributed by atoms with E-state index in [1.807, 2.05) is 46.1 Å². The van der Waals surface area contributed by atoms with E-state index in [2.05, 4.69) is 109 Å². The van der Waals surface area contributed by atoms with Gasteiger partial charge in [-0.3, -0.25) is 0 Å². The van der Waals surface area contributed by atoms with E-state index >= 15 is 0 Å². The molecule has 0 fully saturated rings. The minimum atomic E-state index is -1.19. The maximum absolute atomic E-state index is 11.5. The molecule has 9 heteroatoms. The van der Waals surface area contributed by atoms with Crippen molar-refractivity contribution in [3.05, 3.63) is 119 Å². The molecule has 1 N–H and O–H groups in total. The minimum absolute atomic E-state index is 0.239. The molecule has 0 atom stereocenters. The predicted molar refractivity (Wildman–Crippen MR) is 258 cm³/mol. The van der Waals surface area contributed by atoms with E-state index in [-0.39, 0.29) is 5.57 Å². The summed E-state index contributed by atoms with van der Waals surface area (Å²) in [6.45, 7) is 4.56. The summed E-state index contributed by atoms with van der Waals surface area (Å²) in [5.74, 6) is -1.19. The first-order valence-electron chi connectivity index (χ1n) is 20.6. The molecule has 0 spiro atoms. The Labute approximate surface area is 365 Å². The van der Waals surface area contributed by atoms with Crippen molar-refractivity contribution in [1.82, 2.24) is 4.57 Å². The van der Waals surface area contributed by atoms with E-state index in [0.717, 1.165) is 22.4 Å². The number of nitriles is 1. The maximum atomic E-state index is 11.5. The lowest BCUT2D eigenvalue weighted by Gasteiger charge is -2.10. The highest BCUT2D eigenvalue weighted by Crippen LogP contribution is 2.51. The monoisotopic (exact) mass is 864 g/mol. The third-order valence-electron chi connectivity index (χ3n) is 11.1. The van der Waals surface area contributed by atoms with Crippen LogP contribution in [0.15, 0.2) is 103 Å². The second kappa shape index (κ2) is 17.4. The van der Waals surface area contributed by atoms with Crippen LogP contribution in [0.5, 0.6) is 0 Å². The molecule has 6 heterocycles. The predicted octanol–water partition coefficient (Wildman–Crippen LogP) is 16.6. The lowest BCUT2D eigenvalue weighted by atomic mass is 10.0. The van der Waals surface area contributed by atoms with Gasteiger partial charge in [0.25, 0.3) is 0 Å². The van der Waals surface area contributed by atoms with Crippen molar-refractivity contribution in [3.63, 3.8) is 0 Å². The third kappa shape index (κ3) is 7.85. The molecule has 3 aromatic carbocycles. The second-order valence-corrected chi connectivity index (χ2v) is 20.5. The van der Waals surface area contributed by atoms with Gasteiger partial charge in [0.2, 0.25) is 0 Å². The van der Waals surface area contributed by atoms with E-state index in [1.165, 1.54) is 140 Å². The van der Waals surface area contributed by atoms with Crippen LogP contribution in [-0.4, -0.2) is 15.6 Å². The van der Waals surface area contributed by atoms with Gasteiger partial charge in [0, 0.05) is 55.1 Å². The number of para-hydroxylation sites is 2. The molecule has 0 aliphatic rings. The normalized spacial score (nSPS) is 12.1. The summed E-state index contributed by atoms with van der Waals surface area (Å²) in [4.78, 5) is 19.1. The number of carbonyl (C=O) groups is 1. The molecule has 0 aliphatic carbocycles. The zero-order valence-corrected chi connectivity index (χ0v) is 37.3. The minimum Gasteiger partial charge on any atom is -0.477 e. The molecule has 0 amide bonds. The zero-order chi connectivity index (χ0) is 40.5. The van der Waals surface area contributed by atoms with Gasteiger partial charge in [-0.2, -0.15) is 5.26 Å². The number of hydrogen-bond donors (Lipinski definition) is 1. The molecule has 0 saturated carbocycles. The summed E-state index contributed by atoms with van der Waals surface area (Å²) in [7, 11) is 0. The van der Waals surface area contributed by atoms with Gasteiger partial charge < -0.3 is 9.67 Å². The van der Waals surface area contributed by atoms with Gasteiger partial charge in [-0.05, 0) is 97.0 Å². The largest absolute Gasteiger partial charge is 0.477 e. The fourth-order valence-electron chi connectivity index (χ4n) is 8.19. The van der Waals surface area contributed by atoms with Crippen molar-refractivity contribution < 1.29 is 9.90 Å². The smallest absolute Gasteiger partial charge is 0.346 e. The van der Waals surface area contributed by atoms with Crippen LogP contribution in [0.3, 0.4) is 0 Å². The van der Waals surface area contributed by atoms with Gasteiger partial charge in [0.05, 0.1) is 20.4 Å². The fourth-order valence-corrected chi connectivity index (χ4v) is 14.8. The number of aromatic nitrogens is 1. The lowest BCUT2D eigenvalue weighted by molar-refractivity contribution is -0.132. The summed E-state index contributed by atoms with van der Waals surface area (Å²) >= 11 is 9.06. The Morgan fingerprint density at radius 2 is 1.22 bits per heavy atom. The molecule has 9 aromatic rings. The molecule has 6 aromatic heterocycles. The van der Waals surface area contributed by atoms with Crippen molar-refractivity contribution in [1.29, 1.82) is 5.26 Å². The Kier molecular flexibility index (Phi) is 11.7. The highest BCUT2D eigenvalue weighted by molar-refractivity contribution is 7.40. The van der Waals surface area contributed by atoms with E-state index in [0.29, 0.717) is 0 Å². The number of unbranched alkanes of at least 4 members (excludes halogenated alkanes) is 6.